The number of amides is 1. The molecule has 0 bridgehead atoms. The van der Waals surface area contributed by atoms with E-state index in [0.29, 0.717) is 0 Å². The number of carbonyl (C=O) groups is 2. The lowest BCUT2D eigenvalue weighted by Crippen LogP contribution is -2.71. The van der Waals surface area contributed by atoms with Gasteiger partial charge in [0.15, 0.2) is 0 Å². The molecule has 0 saturated carbocycles. The maximum Gasteiger partial charge on any atom is 0.327 e. The summed E-state index contributed by atoms with van der Waals surface area (Å²) in [7, 11) is 0. The van der Waals surface area contributed by atoms with Crippen LogP contribution in [0.25, 0.3) is 0 Å². The molecule has 1 spiro atoms. The van der Waals surface area contributed by atoms with Crippen LogP contribution in [0.3, 0.4) is 0 Å². The van der Waals surface area contributed by atoms with Gasteiger partial charge in [0.05, 0.1) is 0 Å². The van der Waals surface area contributed by atoms with Crippen molar-refractivity contribution >= 4 is 23.6 Å². The average molecular weight is 253 g/mol. The Balaban J connectivity index is 2.02. The van der Waals surface area contributed by atoms with Crippen LogP contribution in [-0.2, 0) is 9.59 Å². The van der Waals surface area contributed by atoms with Crippen LogP contribution in [0.2, 0.25) is 0 Å². The van der Waals surface area contributed by atoms with Gasteiger partial charge in [-0.1, -0.05) is 0 Å². The minimum absolute atomic E-state index is 0.242. The number of azo groups is 1. The fraction of sp³-hybridized carbons (Fsp3) is 0.600. The summed E-state index contributed by atoms with van der Waals surface area (Å²) in [6.07, 6.45) is 3.15. The van der Waals surface area contributed by atoms with Gasteiger partial charge in [-0.2, -0.15) is 10.2 Å². The second kappa shape index (κ2) is 2.90. The molecule has 3 aliphatic heterocycles. The smallest absolute Gasteiger partial charge is 0.327 e. The van der Waals surface area contributed by atoms with Crippen LogP contribution in [0.15, 0.2) is 22.5 Å². The minimum Gasteiger partial charge on any atom is -0.480 e. The molecule has 3 heterocycles. The van der Waals surface area contributed by atoms with Crippen LogP contribution in [-0.4, -0.2) is 43.6 Å². The van der Waals surface area contributed by atoms with Crippen molar-refractivity contribution in [3.63, 3.8) is 0 Å². The van der Waals surface area contributed by atoms with E-state index in [1.54, 1.807) is 6.08 Å². The van der Waals surface area contributed by atoms with Crippen molar-refractivity contribution in [1.82, 2.24) is 4.90 Å². The van der Waals surface area contributed by atoms with Crippen LogP contribution >= 0.6 is 11.8 Å². The number of carboxylic acids is 1. The van der Waals surface area contributed by atoms with Gasteiger partial charge in [-0.05, 0) is 19.9 Å². The summed E-state index contributed by atoms with van der Waals surface area (Å²) in [6.45, 7) is 3.68. The fourth-order valence-corrected chi connectivity index (χ4v) is 4.28. The third-order valence-electron chi connectivity index (χ3n) is 3.41. The van der Waals surface area contributed by atoms with E-state index in [2.05, 4.69) is 10.2 Å². The molecule has 1 amide bonds. The number of nitrogens with zero attached hydrogens (tertiary/aromatic N) is 3. The molecule has 0 radical (unpaired) electrons. The zero-order valence-electron chi connectivity index (χ0n) is 9.32. The molecule has 1 N–H and O–H groups in total. The standard InChI is InChI=1S/C10H11N3O3S/c1-9(2)5(6(14)15)13-7(16)10(8(13)17-9)3-4-11-12-10/h3-5,8H,1-2H3,(H,14,15)/t5-,8+,10+/m0/s1. The molecule has 2 saturated heterocycles. The monoisotopic (exact) mass is 253 g/mol. The van der Waals surface area contributed by atoms with Crippen LogP contribution in [0, 0.1) is 0 Å². The maximum absolute atomic E-state index is 12.1. The molecular weight excluding hydrogens is 242 g/mol. The van der Waals surface area contributed by atoms with Gasteiger partial charge in [-0.25, -0.2) is 4.79 Å². The first-order valence-corrected chi connectivity index (χ1v) is 6.11. The summed E-state index contributed by atoms with van der Waals surface area (Å²) >= 11 is 1.47. The van der Waals surface area contributed by atoms with Gasteiger partial charge in [0.1, 0.15) is 11.4 Å². The van der Waals surface area contributed by atoms with E-state index in [-0.39, 0.29) is 11.3 Å². The molecule has 17 heavy (non-hydrogen) atoms. The van der Waals surface area contributed by atoms with Gasteiger partial charge in [0, 0.05) is 10.9 Å². The van der Waals surface area contributed by atoms with Crippen molar-refractivity contribution in [2.45, 2.75) is 35.5 Å². The lowest BCUT2D eigenvalue weighted by molar-refractivity contribution is -0.162. The van der Waals surface area contributed by atoms with E-state index >= 15 is 0 Å². The average Bonchev–Trinajstić information content (AvgIpc) is 2.79. The lowest BCUT2D eigenvalue weighted by atomic mass is 9.86. The van der Waals surface area contributed by atoms with E-state index in [0.717, 1.165) is 0 Å². The third kappa shape index (κ3) is 1.07. The molecule has 6 nitrogen and oxygen atoms in total. The molecule has 3 aliphatic rings. The van der Waals surface area contributed by atoms with Gasteiger partial charge in [0.25, 0.3) is 5.91 Å². The number of carbonyl (C=O) groups excluding carboxylic acids is 1. The zero-order chi connectivity index (χ0) is 12.4. The van der Waals surface area contributed by atoms with Crippen LogP contribution in [0.4, 0.5) is 0 Å². The summed E-state index contributed by atoms with van der Waals surface area (Å²) in [5.74, 6) is -1.22. The highest BCUT2D eigenvalue weighted by atomic mass is 32.2. The largest absolute Gasteiger partial charge is 0.480 e. The Morgan fingerprint density at radius 1 is 1.59 bits per heavy atom. The van der Waals surface area contributed by atoms with Gasteiger partial charge in [0.2, 0.25) is 5.54 Å². The molecule has 0 aromatic carbocycles. The first kappa shape index (κ1) is 10.8. The number of β-lactam (4-membered cyclic amide) rings is 1. The highest BCUT2D eigenvalue weighted by Gasteiger charge is 2.71. The summed E-state index contributed by atoms with van der Waals surface area (Å²) < 4.78 is -0.512. The topological polar surface area (TPSA) is 82.3 Å². The number of carboxylic acid groups (broad SMARTS) is 1. The quantitative estimate of drug-likeness (QED) is 0.702. The molecule has 0 aromatic heterocycles. The maximum atomic E-state index is 12.1. The molecule has 0 aliphatic carbocycles. The number of hydrogen-bond acceptors (Lipinski definition) is 5. The molecule has 0 aromatic rings. The number of aliphatic carboxylic acids is 1. The Kier molecular flexibility index (Phi) is 1.83. The van der Waals surface area contributed by atoms with Gasteiger partial charge < -0.3 is 10.0 Å². The Bertz CT molecular complexity index is 473. The molecular formula is C10H11N3O3S. The van der Waals surface area contributed by atoms with Crippen LogP contribution in [0.1, 0.15) is 13.8 Å². The van der Waals surface area contributed by atoms with Crippen molar-refractivity contribution in [3.05, 3.63) is 12.3 Å². The Labute approximate surface area is 102 Å². The Hall–Kier alpha value is -1.37. The van der Waals surface area contributed by atoms with Gasteiger partial charge >= 0.3 is 5.97 Å². The molecule has 0 unspecified atom stereocenters. The Morgan fingerprint density at radius 3 is 2.82 bits per heavy atom. The van der Waals surface area contributed by atoms with E-state index in [4.69, 9.17) is 0 Å². The lowest BCUT2D eigenvalue weighted by Gasteiger charge is -2.47. The van der Waals surface area contributed by atoms with Crippen LogP contribution in [0.5, 0.6) is 0 Å². The summed E-state index contributed by atoms with van der Waals surface area (Å²) in [5.41, 5.74) is -0.938. The third-order valence-corrected chi connectivity index (χ3v) is 5.05. The number of fused-ring (bicyclic) bond motifs is 2. The Morgan fingerprint density at radius 2 is 2.29 bits per heavy atom. The normalized spacial score (nSPS) is 40.8. The van der Waals surface area contributed by atoms with Crippen molar-refractivity contribution in [2.75, 3.05) is 0 Å². The van der Waals surface area contributed by atoms with Gasteiger partial charge in [-0.3, -0.25) is 4.79 Å². The first-order chi connectivity index (χ1) is 7.90. The van der Waals surface area contributed by atoms with E-state index < -0.39 is 22.3 Å². The summed E-state index contributed by atoms with van der Waals surface area (Å²) in [4.78, 5) is 24.8. The first-order valence-electron chi connectivity index (χ1n) is 5.23. The molecule has 90 valence electrons. The SMILES string of the molecule is CC1(C)S[C@H]2N(C(=O)[C@]23C=CN=N3)[C@H]1C(=O)O. The molecule has 3 atom stereocenters. The number of hydrogen-bond donors (Lipinski definition) is 1. The zero-order valence-corrected chi connectivity index (χ0v) is 10.1. The summed E-state index contributed by atoms with van der Waals surface area (Å²) in [5, 5.41) is 16.7. The van der Waals surface area contributed by atoms with Crippen molar-refractivity contribution in [3.8, 4) is 0 Å². The van der Waals surface area contributed by atoms with Crippen molar-refractivity contribution in [2.24, 2.45) is 10.2 Å². The highest BCUT2D eigenvalue weighted by molar-refractivity contribution is 8.01. The molecule has 3 rings (SSSR count). The van der Waals surface area contributed by atoms with E-state index in [1.165, 1.54) is 22.9 Å². The van der Waals surface area contributed by atoms with E-state index in [1.807, 2.05) is 13.8 Å². The minimum atomic E-state index is -0.966. The predicted octanol–water partition coefficient (Wildman–Crippen LogP) is 0.852. The molecule has 7 heteroatoms. The molecule has 2 fully saturated rings. The predicted molar refractivity (Wildman–Crippen MR) is 60.5 cm³/mol. The van der Waals surface area contributed by atoms with Crippen LogP contribution < -0.4 is 0 Å². The second-order valence-corrected chi connectivity index (χ2v) is 6.62. The van der Waals surface area contributed by atoms with Gasteiger partial charge in [-0.15, -0.1) is 11.8 Å². The second-order valence-electron chi connectivity index (χ2n) is 4.88. The van der Waals surface area contributed by atoms with Crippen molar-refractivity contribution in [1.29, 1.82) is 0 Å². The summed E-state index contributed by atoms with van der Waals surface area (Å²) in [6, 6.07) is -0.792. The number of rotatable bonds is 1. The number of thioether (sulfide) groups is 1. The highest BCUT2D eigenvalue weighted by Crippen LogP contribution is 2.57. The van der Waals surface area contributed by atoms with Crippen molar-refractivity contribution < 1.29 is 14.7 Å². The van der Waals surface area contributed by atoms with E-state index in [9.17, 15) is 14.7 Å². The fourth-order valence-electron chi connectivity index (χ4n) is 2.62.